The van der Waals surface area contributed by atoms with Gasteiger partial charge in [-0.3, -0.25) is 14.2 Å². The zero-order valence-corrected chi connectivity index (χ0v) is 18.2. The third kappa shape index (κ3) is 3.27. The SMILES string of the molecule is CC(=O)N1CCc2c(sc3c2c(=O)n(-c2ccccc2)c(=O)n3Cc2ccccc2F)C1. The Morgan fingerprint density at radius 1 is 1.06 bits per heavy atom. The van der Waals surface area contributed by atoms with E-state index in [9.17, 15) is 18.8 Å². The molecule has 0 fully saturated rings. The fourth-order valence-electron chi connectivity index (χ4n) is 4.22. The lowest BCUT2D eigenvalue weighted by molar-refractivity contribution is -0.129. The lowest BCUT2D eigenvalue weighted by Crippen LogP contribution is -2.39. The van der Waals surface area contributed by atoms with Crippen molar-refractivity contribution in [3.05, 3.63) is 97.3 Å². The van der Waals surface area contributed by atoms with E-state index in [0.29, 0.717) is 41.0 Å². The second kappa shape index (κ2) is 7.87. The predicted molar refractivity (Wildman–Crippen MR) is 122 cm³/mol. The van der Waals surface area contributed by atoms with Gasteiger partial charge in [0.05, 0.1) is 24.2 Å². The van der Waals surface area contributed by atoms with Gasteiger partial charge in [0.2, 0.25) is 5.91 Å². The first-order valence-electron chi connectivity index (χ1n) is 10.3. The van der Waals surface area contributed by atoms with E-state index in [-0.39, 0.29) is 18.0 Å². The molecule has 6 nitrogen and oxygen atoms in total. The molecular formula is C24H20FN3O3S. The van der Waals surface area contributed by atoms with Gasteiger partial charge in [-0.15, -0.1) is 11.3 Å². The zero-order chi connectivity index (χ0) is 22.4. The molecule has 0 spiro atoms. The molecule has 32 heavy (non-hydrogen) atoms. The summed E-state index contributed by atoms with van der Waals surface area (Å²) in [4.78, 5) is 42.2. The molecular weight excluding hydrogens is 429 g/mol. The maximum absolute atomic E-state index is 14.5. The second-order valence-electron chi connectivity index (χ2n) is 7.81. The van der Waals surface area contributed by atoms with E-state index in [1.54, 1.807) is 47.4 Å². The summed E-state index contributed by atoms with van der Waals surface area (Å²) in [5.74, 6) is -0.437. The number of hydrogen-bond acceptors (Lipinski definition) is 4. The van der Waals surface area contributed by atoms with Crippen molar-refractivity contribution < 1.29 is 9.18 Å². The topological polar surface area (TPSA) is 64.3 Å². The number of hydrogen-bond donors (Lipinski definition) is 0. The molecule has 2 aromatic heterocycles. The summed E-state index contributed by atoms with van der Waals surface area (Å²) in [6, 6.07) is 15.1. The maximum atomic E-state index is 14.5. The minimum absolute atomic E-state index is 0.00490. The van der Waals surface area contributed by atoms with E-state index >= 15 is 0 Å². The van der Waals surface area contributed by atoms with Gasteiger partial charge in [-0.1, -0.05) is 36.4 Å². The number of nitrogens with zero attached hydrogens (tertiary/aromatic N) is 3. The van der Waals surface area contributed by atoms with Gasteiger partial charge in [-0.05, 0) is 30.2 Å². The van der Waals surface area contributed by atoms with Crippen LogP contribution in [0.2, 0.25) is 0 Å². The maximum Gasteiger partial charge on any atom is 0.337 e. The van der Waals surface area contributed by atoms with Crippen LogP contribution in [-0.2, 0) is 24.3 Å². The highest BCUT2D eigenvalue weighted by atomic mass is 32.1. The van der Waals surface area contributed by atoms with Crippen LogP contribution >= 0.6 is 11.3 Å². The number of fused-ring (bicyclic) bond motifs is 3. The highest BCUT2D eigenvalue weighted by Crippen LogP contribution is 2.33. The van der Waals surface area contributed by atoms with Gasteiger partial charge in [0.1, 0.15) is 10.6 Å². The molecule has 1 amide bonds. The van der Waals surface area contributed by atoms with E-state index in [1.165, 1.54) is 28.9 Å². The van der Waals surface area contributed by atoms with Gasteiger partial charge in [-0.2, -0.15) is 0 Å². The molecule has 5 rings (SSSR count). The largest absolute Gasteiger partial charge is 0.337 e. The van der Waals surface area contributed by atoms with Crippen molar-refractivity contribution in [1.82, 2.24) is 14.0 Å². The predicted octanol–water partition coefficient (Wildman–Crippen LogP) is 3.31. The van der Waals surface area contributed by atoms with Crippen LogP contribution in [0, 0.1) is 5.82 Å². The zero-order valence-electron chi connectivity index (χ0n) is 17.4. The molecule has 1 aliphatic heterocycles. The molecule has 0 radical (unpaired) electrons. The van der Waals surface area contributed by atoms with Crippen molar-refractivity contribution in [3.8, 4) is 5.69 Å². The number of para-hydroxylation sites is 1. The third-order valence-corrected chi connectivity index (χ3v) is 7.11. The van der Waals surface area contributed by atoms with E-state index in [2.05, 4.69) is 0 Å². The van der Waals surface area contributed by atoms with Gasteiger partial charge in [0.25, 0.3) is 5.56 Å². The summed E-state index contributed by atoms with van der Waals surface area (Å²) in [6.45, 7) is 2.45. The monoisotopic (exact) mass is 449 g/mol. The Kier molecular flexibility index (Phi) is 5.01. The molecule has 0 saturated heterocycles. The van der Waals surface area contributed by atoms with Gasteiger partial charge >= 0.3 is 5.69 Å². The van der Waals surface area contributed by atoms with Crippen LogP contribution in [0.5, 0.6) is 0 Å². The van der Waals surface area contributed by atoms with E-state index in [0.717, 1.165) is 15.0 Å². The summed E-state index contributed by atoms with van der Waals surface area (Å²) in [6.07, 6.45) is 0.539. The van der Waals surface area contributed by atoms with E-state index < -0.39 is 11.5 Å². The second-order valence-corrected chi connectivity index (χ2v) is 8.89. The summed E-state index contributed by atoms with van der Waals surface area (Å²) in [5.41, 5.74) is 0.812. The minimum atomic E-state index is -0.515. The lowest BCUT2D eigenvalue weighted by Gasteiger charge is -2.25. The molecule has 0 aliphatic carbocycles. The minimum Gasteiger partial charge on any atom is -0.337 e. The Labute approximate surface area is 186 Å². The van der Waals surface area contributed by atoms with Crippen LogP contribution in [0.3, 0.4) is 0 Å². The van der Waals surface area contributed by atoms with Crippen LogP contribution in [0.25, 0.3) is 15.9 Å². The average Bonchev–Trinajstić information content (AvgIpc) is 3.17. The Balaban J connectivity index is 1.81. The van der Waals surface area contributed by atoms with Crippen molar-refractivity contribution in [2.24, 2.45) is 0 Å². The van der Waals surface area contributed by atoms with Crippen molar-refractivity contribution in [2.45, 2.75) is 26.4 Å². The quantitative estimate of drug-likeness (QED) is 0.482. The van der Waals surface area contributed by atoms with Crippen molar-refractivity contribution >= 4 is 27.5 Å². The molecule has 1 aliphatic rings. The fraction of sp³-hybridized carbons (Fsp3) is 0.208. The number of carbonyl (C=O) groups is 1. The molecule has 0 atom stereocenters. The lowest BCUT2D eigenvalue weighted by atomic mass is 10.1. The van der Waals surface area contributed by atoms with Crippen LogP contribution in [-0.4, -0.2) is 26.5 Å². The normalized spacial score (nSPS) is 13.4. The Hall–Kier alpha value is -3.52. The number of halogens is 1. The Morgan fingerprint density at radius 3 is 2.50 bits per heavy atom. The standard InChI is InChI=1S/C24H20FN3O3S/c1-15(29)26-12-11-18-20(14-26)32-23-21(18)22(30)28(17-8-3-2-4-9-17)24(31)27(23)13-16-7-5-6-10-19(16)25/h2-10H,11-14H2,1H3. The third-order valence-electron chi connectivity index (χ3n) is 5.87. The molecule has 0 N–H and O–H groups in total. The summed E-state index contributed by atoms with van der Waals surface area (Å²) in [7, 11) is 0. The first kappa shape index (κ1) is 20.4. The molecule has 3 heterocycles. The molecule has 0 bridgehead atoms. The van der Waals surface area contributed by atoms with Gasteiger partial charge in [0.15, 0.2) is 0 Å². The highest BCUT2D eigenvalue weighted by Gasteiger charge is 2.27. The van der Waals surface area contributed by atoms with Gasteiger partial charge < -0.3 is 4.90 Å². The average molecular weight is 450 g/mol. The number of rotatable bonds is 3. The van der Waals surface area contributed by atoms with E-state index in [4.69, 9.17) is 0 Å². The molecule has 8 heteroatoms. The van der Waals surface area contributed by atoms with Crippen LogP contribution in [0.1, 0.15) is 22.9 Å². The first-order chi connectivity index (χ1) is 15.5. The Morgan fingerprint density at radius 2 is 1.78 bits per heavy atom. The molecule has 0 saturated carbocycles. The number of benzene rings is 2. The smallest absolute Gasteiger partial charge is 0.337 e. The van der Waals surface area contributed by atoms with Crippen LogP contribution in [0.15, 0.2) is 64.2 Å². The van der Waals surface area contributed by atoms with Crippen LogP contribution < -0.4 is 11.2 Å². The molecule has 162 valence electrons. The highest BCUT2D eigenvalue weighted by molar-refractivity contribution is 7.18. The number of amides is 1. The molecule has 0 unspecified atom stereocenters. The van der Waals surface area contributed by atoms with Gasteiger partial charge in [-0.25, -0.2) is 13.8 Å². The molecule has 4 aromatic rings. The van der Waals surface area contributed by atoms with Crippen molar-refractivity contribution in [2.75, 3.05) is 6.54 Å². The summed E-state index contributed by atoms with van der Waals surface area (Å²) in [5, 5.41) is 0.480. The van der Waals surface area contributed by atoms with E-state index in [1.807, 2.05) is 6.07 Å². The summed E-state index contributed by atoms with van der Waals surface area (Å²) < 4.78 is 17.1. The number of carbonyl (C=O) groups excluding carboxylic acids is 1. The van der Waals surface area contributed by atoms with Gasteiger partial charge in [0, 0.05) is 23.9 Å². The summed E-state index contributed by atoms with van der Waals surface area (Å²) >= 11 is 1.34. The fourth-order valence-corrected chi connectivity index (χ4v) is 5.56. The molecule has 2 aromatic carbocycles. The van der Waals surface area contributed by atoms with Crippen LogP contribution in [0.4, 0.5) is 4.39 Å². The van der Waals surface area contributed by atoms with Crippen molar-refractivity contribution in [1.29, 1.82) is 0 Å². The number of thiophene rings is 1. The van der Waals surface area contributed by atoms with Crippen molar-refractivity contribution in [3.63, 3.8) is 0 Å². The number of aromatic nitrogens is 2. The first-order valence-corrected chi connectivity index (χ1v) is 11.1. The Bertz CT molecular complexity index is 1470.